The fraction of sp³-hybridized carbons (Fsp3) is 0.667. The zero-order valence-corrected chi connectivity index (χ0v) is 14.8. The largest absolute Gasteiger partial charge is 0.338 e. The molecule has 1 aromatic heterocycles. The lowest BCUT2D eigenvalue weighted by atomic mass is 9.85. The number of fused-ring (bicyclic) bond motifs is 1. The number of piperazine rings is 1. The van der Waals surface area contributed by atoms with E-state index >= 15 is 0 Å². The summed E-state index contributed by atoms with van der Waals surface area (Å²) in [5, 5.41) is 7.40. The molecule has 2 aliphatic heterocycles. The predicted octanol–water partition coefficient (Wildman–Crippen LogP) is 1.95. The Labute approximate surface area is 147 Å². The van der Waals surface area contributed by atoms with Gasteiger partial charge in [-0.15, -0.1) is 0 Å². The number of carbonyl (C=O) groups excluding carboxylic acids is 2. The summed E-state index contributed by atoms with van der Waals surface area (Å²) in [4.78, 5) is 29.0. The van der Waals surface area contributed by atoms with Crippen LogP contribution >= 0.6 is 11.3 Å². The minimum Gasteiger partial charge on any atom is -0.338 e. The highest BCUT2D eigenvalue weighted by molar-refractivity contribution is 7.08. The van der Waals surface area contributed by atoms with Gasteiger partial charge in [0.2, 0.25) is 5.91 Å². The fourth-order valence-corrected chi connectivity index (χ4v) is 5.06. The molecule has 0 aromatic carbocycles. The van der Waals surface area contributed by atoms with E-state index in [0.29, 0.717) is 38.1 Å². The summed E-state index contributed by atoms with van der Waals surface area (Å²) in [7, 11) is 0. The van der Waals surface area contributed by atoms with Crippen molar-refractivity contribution in [2.45, 2.75) is 44.2 Å². The normalized spacial score (nSPS) is 30.2. The average molecular weight is 347 g/mol. The number of nitrogens with zero attached hydrogens (tertiary/aromatic N) is 2. The summed E-state index contributed by atoms with van der Waals surface area (Å²) in [5.41, 5.74) is 0.765. The van der Waals surface area contributed by atoms with Gasteiger partial charge in [-0.1, -0.05) is 12.8 Å². The number of amides is 2. The van der Waals surface area contributed by atoms with E-state index in [1.807, 2.05) is 26.6 Å². The van der Waals surface area contributed by atoms with Gasteiger partial charge < -0.3 is 15.1 Å². The van der Waals surface area contributed by atoms with Gasteiger partial charge in [0.1, 0.15) is 0 Å². The minimum atomic E-state index is -0.00257. The second-order valence-electron chi connectivity index (χ2n) is 7.24. The average Bonchev–Trinajstić information content (AvgIpc) is 3.30. The Morgan fingerprint density at radius 3 is 2.54 bits per heavy atom. The minimum absolute atomic E-state index is 0.00257. The Hall–Kier alpha value is -1.40. The number of hydrogen-bond acceptors (Lipinski definition) is 4. The summed E-state index contributed by atoms with van der Waals surface area (Å²) >= 11 is 1.54. The van der Waals surface area contributed by atoms with Crippen LogP contribution in [0.2, 0.25) is 0 Å². The van der Waals surface area contributed by atoms with Gasteiger partial charge in [0.15, 0.2) is 0 Å². The second-order valence-corrected chi connectivity index (χ2v) is 8.02. The molecule has 3 aliphatic rings. The molecule has 6 heteroatoms. The molecule has 3 atom stereocenters. The third-order valence-corrected chi connectivity index (χ3v) is 6.49. The first kappa shape index (κ1) is 16.1. The van der Waals surface area contributed by atoms with Crippen molar-refractivity contribution in [3.63, 3.8) is 0 Å². The van der Waals surface area contributed by atoms with Gasteiger partial charge in [-0.25, -0.2) is 0 Å². The van der Waals surface area contributed by atoms with E-state index in [1.165, 1.54) is 25.7 Å². The molecule has 3 heterocycles. The zero-order valence-electron chi connectivity index (χ0n) is 13.9. The van der Waals surface area contributed by atoms with Crippen molar-refractivity contribution < 1.29 is 9.59 Å². The lowest BCUT2D eigenvalue weighted by Gasteiger charge is -2.36. The van der Waals surface area contributed by atoms with Crippen molar-refractivity contribution in [3.05, 3.63) is 22.4 Å². The Kier molecular flexibility index (Phi) is 4.59. The van der Waals surface area contributed by atoms with Crippen molar-refractivity contribution in [1.29, 1.82) is 0 Å². The number of hydrogen-bond donors (Lipinski definition) is 1. The molecule has 1 aromatic rings. The fourth-order valence-electron chi connectivity index (χ4n) is 4.43. The van der Waals surface area contributed by atoms with Crippen LogP contribution in [-0.4, -0.2) is 59.9 Å². The Morgan fingerprint density at radius 2 is 1.83 bits per heavy atom. The molecular weight excluding hydrogens is 322 g/mol. The maximum Gasteiger partial charge on any atom is 0.254 e. The lowest BCUT2D eigenvalue weighted by molar-refractivity contribution is -0.134. The van der Waals surface area contributed by atoms with Crippen LogP contribution in [0.3, 0.4) is 0 Å². The maximum absolute atomic E-state index is 12.8. The van der Waals surface area contributed by atoms with Crippen molar-refractivity contribution in [2.24, 2.45) is 5.92 Å². The van der Waals surface area contributed by atoms with Gasteiger partial charge in [0, 0.05) is 37.6 Å². The molecule has 4 rings (SSSR count). The van der Waals surface area contributed by atoms with Gasteiger partial charge in [0.25, 0.3) is 5.91 Å². The number of thiophene rings is 1. The smallest absolute Gasteiger partial charge is 0.254 e. The standard InChI is InChI=1S/C18H25N3O2S/c22-17(14-5-10-24-12-14)20-6-8-21(9-7-20)18(23)16-11-13-3-1-2-4-15(13)19-16/h5,10,12-13,15-16,19H,1-4,6-9,11H2. The Bertz CT molecular complexity index is 581. The first-order valence-electron chi connectivity index (χ1n) is 9.08. The molecule has 1 aliphatic carbocycles. The molecule has 130 valence electrons. The molecule has 3 fully saturated rings. The van der Waals surface area contributed by atoms with Crippen LogP contribution in [0.1, 0.15) is 42.5 Å². The summed E-state index contributed by atoms with van der Waals surface area (Å²) in [6.07, 6.45) is 6.09. The molecule has 2 saturated heterocycles. The van der Waals surface area contributed by atoms with Crippen LogP contribution in [0, 0.1) is 5.92 Å². The second kappa shape index (κ2) is 6.84. The quantitative estimate of drug-likeness (QED) is 0.890. The van der Waals surface area contributed by atoms with Crippen molar-refractivity contribution in [2.75, 3.05) is 26.2 Å². The molecule has 0 radical (unpaired) electrons. The third kappa shape index (κ3) is 3.09. The van der Waals surface area contributed by atoms with Crippen molar-refractivity contribution in [3.8, 4) is 0 Å². The van der Waals surface area contributed by atoms with E-state index in [0.717, 1.165) is 12.0 Å². The number of nitrogens with one attached hydrogen (secondary N) is 1. The molecule has 0 bridgehead atoms. The van der Waals surface area contributed by atoms with E-state index in [1.54, 1.807) is 11.3 Å². The highest BCUT2D eigenvalue weighted by atomic mass is 32.1. The van der Waals surface area contributed by atoms with E-state index in [2.05, 4.69) is 5.32 Å². The number of rotatable bonds is 2. The number of carbonyl (C=O) groups is 2. The van der Waals surface area contributed by atoms with Crippen molar-refractivity contribution in [1.82, 2.24) is 15.1 Å². The summed E-state index contributed by atoms with van der Waals surface area (Å²) < 4.78 is 0. The van der Waals surface area contributed by atoms with Gasteiger partial charge >= 0.3 is 0 Å². The SMILES string of the molecule is O=C(c1ccsc1)N1CCN(C(=O)C2CC3CCCCC3N2)CC1. The Morgan fingerprint density at radius 1 is 1.08 bits per heavy atom. The van der Waals surface area contributed by atoms with E-state index in [4.69, 9.17) is 0 Å². The van der Waals surface area contributed by atoms with Crippen LogP contribution in [0.25, 0.3) is 0 Å². The van der Waals surface area contributed by atoms with Crippen LogP contribution in [0.5, 0.6) is 0 Å². The maximum atomic E-state index is 12.8. The molecule has 24 heavy (non-hydrogen) atoms. The molecule has 1 N–H and O–H groups in total. The summed E-state index contributed by atoms with van der Waals surface area (Å²) in [5.74, 6) is 1.02. The highest BCUT2D eigenvalue weighted by Crippen LogP contribution is 2.33. The predicted molar refractivity (Wildman–Crippen MR) is 94.1 cm³/mol. The summed E-state index contributed by atoms with van der Waals surface area (Å²) in [6.45, 7) is 2.59. The van der Waals surface area contributed by atoms with Gasteiger partial charge in [-0.05, 0) is 36.6 Å². The monoisotopic (exact) mass is 347 g/mol. The molecule has 3 unspecified atom stereocenters. The molecule has 5 nitrogen and oxygen atoms in total. The van der Waals surface area contributed by atoms with Gasteiger partial charge in [0.05, 0.1) is 11.6 Å². The first-order valence-corrected chi connectivity index (χ1v) is 10.0. The van der Waals surface area contributed by atoms with Crippen LogP contribution in [0.4, 0.5) is 0 Å². The molecular formula is C18H25N3O2S. The van der Waals surface area contributed by atoms with Crippen LogP contribution < -0.4 is 5.32 Å². The van der Waals surface area contributed by atoms with E-state index in [9.17, 15) is 9.59 Å². The summed E-state index contributed by atoms with van der Waals surface area (Å²) in [6, 6.07) is 2.42. The van der Waals surface area contributed by atoms with Crippen LogP contribution in [-0.2, 0) is 4.79 Å². The Balaban J connectivity index is 1.31. The topological polar surface area (TPSA) is 52.7 Å². The molecule has 0 spiro atoms. The first-order chi connectivity index (χ1) is 11.7. The lowest BCUT2D eigenvalue weighted by Crippen LogP contribution is -2.54. The highest BCUT2D eigenvalue weighted by Gasteiger charge is 2.40. The van der Waals surface area contributed by atoms with Gasteiger partial charge in [-0.3, -0.25) is 9.59 Å². The van der Waals surface area contributed by atoms with E-state index in [-0.39, 0.29) is 17.9 Å². The van der Waals surface area contributed by atoms with Gasteiger partial charge in [-0.2, -0.15) is 11.3 Å². The third-order valence-electron chi connectivity index (χ3n) is 5.81. The van der Waals surface area contributed by atoms with Crippen LogP contribution in [0.15, 0.2) is 16.8 Å². The zero-order chi connectivity index (χ0) is 16.5. The van der Waals surface area contributed by atoms with Crippen molar-refractivity contribution >= 4 is 23.2 Å². The molecule has 2 amide bonds. The van der Waals surface area contributed by atoms with E-state index < -0.39 is 0 Å². The molecule has 1 saturated carbocycles.